The molecule has 0 spiro atoms. The monoisotopic (exact) mass is 524 g/mol. The van der Waals surface area contributed by atoms with Crippen LogP contribution in [0.1, 0.15) is 21.7 Å². The van der Waals surface area contributed by atoms with Gasteiger partial charge in [0, 0.05) is 49.5 Å². The van der Waals surface area contributed by atoms with Gasteiger partial charge in [-0.1, -0.05) is 12.1 Å². The molecule has 12 heteroatoms. The van der Waals surface area contributed by atoms with Crippen LogP contribution in [0.4, 0.5) is 11.6 Å². The number of anilines is 2. The number of rotatable bonds is 11. The van der Waals surface area contributed by atoms with Gasteiger partial charge in [-0.3, -0.25) is 4.79 Å². The van der Waals surface area contributed by atoms with E-state index in [1.807, 2.05) is 0 Å². The number of hydrogen-bond donors (Lipinski definition) is 4. The summed E-state index contributed by atoms with van der Waals surface area (Å²) in [4.78, 5) is 20.8. The number of fused-ring (bicyclic) bond motifs is 1. The maximum absolute atomic E-state index is 12.3. The number of benzene rings is 2. The van der Waals surface area contributed by atoms with E-state index in [0.29, 0.717) is 58.3 Å². The van der Waals surface area contributed by atoms with Gasteiger partial charge in [-0.05, 0) is 43.8 Å². The molecule has 0 unspecified atom stereocenters. The molecule has 0 saturated carbocycles. The minimum Gasteiger partial charge on any atom is -0.460 e. The maximum Gasteiger partial charge on any atom is 0.255 e. The van der Waals surface area contributed by atoms with E-state index in [0.717, 1.165) is 0 Å². The van der Waals surface area contributed by atoms with Gasteiger partial charge in [0.1, 0.15) is 17.1 Å². The topological polar surface area (TPSA) is 147 Å². The third kappa shape index (κ3) is 6.61. The van der Waals surface area contributed by atoms with Gasteiger partial charge in [-0.25, -0.2) is 18.1 Å². The lowest BCUT2D eigenvalue weighted by atomic mass is 10.1. The molecule has 0 fully saturated rings. The van der Waals surface area contributed by atoms with Crippen LogP contribution in [-0.2, 0) is 15.8 Å². The van der Waals surface area contributed by atoms with Crippen LogP contribution in [0.2, 0.25) is 0 Å². The molecular formula is C25H28N6O5S. The summed E-state index contributed by atoms with van der Waals surface area (Å²) in [5.74, 6) is 1.20. The van der Waals surface area contributed by atoms with Crippen molar-refractivity contribution in [2.45, 2.75) is 12.7 Å². The number of hydrogen-bond acceptors (Lipinski definition) is 9. The average Bonchev–Trinajstić information content (AvgIpc) is 3.18. The molecule has 0 aliphatic carbocycles. The van der Waals surface area contributed by atoms with Gasteiger partial charge in [0.05, 0.1) is 11.3 Å². The summed E-state index contributed by atoms with van der Waals surface area (Å²) in [6, 6.07) is 13.8. The minimum absolute atomic E-state index is 0.146. The number of sulfonamides is 1. The summed E-state index contributed by atoms with van der Waals surface area (Å²) in [6.07, 6.45) is 1.55. The van der Waals surface area contributed by atoms with Gasteiger partial charge in [-0.2, -0.15) is 4.98 Å². The third-order valence-electron chi connectivity index (χ3n) is 5.38. The van der Waals surface area contributed by atoms with Gasteiger partial charge >= 0.3 is 0 Å². The second kappa shape index (κ2) is 11.4. The molecule has 11 nitrogen and oxygen atoms in total. The predicted octanol–water partition coefficient (Wildman–Crippen LogP) is 3.07. The number of carbonyl (C=O) groups excluding carboxylic acids is 1. The fourth-order valence-electron chi connectivity index (χ4n) is 3.72. The molecule has 2 aromatic heterocycles. The Labute approximate surface area is 214 Å². The van der Waals surface area contributed by atoms with E-state index in [1.165, 1.54) is 0 Å². The Kier molecular flexibility index (Phi) is 8.01. The molecule has 0 bridgehead atoms. The molecule has 194 valence electrons. The fraction of sp³-hybridized carbons (Fsp3) is 0.240. The second-order valence-corrected chi connectivity index (χ2v) is 9.98. The quantitative estimate of drug-likeness (QED) is 0.217. The first-order valence-corrected chi connectivity index (χ1v) is 13.2. The maximum atomic E-state index is 12.3. The largest absolute Gasteiger partial charge is 0.460 e. The molecule has 0 atom stereocenters. The van der Waals surface area contributed by atoms with Crippen molar-refractivity contribution in [1.29, 1.82) is 0 Å². The lowest BCUT2D eigenvalue weighted by molar-refractivity contribution is 0.0963. The highest BCUT2D eigenvalue weighted by molar-refractivity contribution is 7.88. The van der Waals surface area contributed by atoms with Crippen molar-refractivity contribution in [1.82, 2.24) is 25.3 Å². The first kappa shape index (κ1) is 26.1. The van der Waals surface area contributed by atoms with Gasteiger partial charge in [-0.15, -0.1) is 0 Å². The van der Waals surface area contributed by atoms with Crippen molar-refractivity contribution in [3.05, 3.63) is 71.6 Å². The molecule has 0 radical (unpaired) electrons. The molecule has 2 heterocycles. The highest BCUT2D eigenvalue weighted by Crippen LogP contribution is 2.30. The Balaban J connectivity index is 1.46. The normalized spacial score (nSPS) is 11.4. The summed E-state index contributed by atoms with van der Waals surface area (Å²) >= 11 is 0. The SMILES string of the molecule is CNCCNS(=O)(=O)Cc1cccc(Nc2nccc(Oc3ccc4c(C(=O)NC)c(C)oc4c3)n2)c1. The van der Waals surface area contributed by atoms with Crippen LogP contribution >= 0.6 is 0 Å². The molecule has 4 rings (SSSR count). The van der Waals surface area contributed by atoms with Crippen LogP contribution in [0.15, 0.2) is 59.1 Å². The van der Waals surface area contributed by atoms with Crippen LogP contribution in [0.25, 0.3) is 11.0 Å². The van der Waals surface area contributed by atoms with Gasteiger partial charge < -0.3 is 25.1 Å². The number of nitrogens with one attached hydrogen (secondary N) is 4. The number of nitrogens with zero attached hydrogens (tertiary/aromatic N) is 2. The molecule has 2 aromatic carbocycles. The second-order valence-electron chi connectivity index (χ2n) is 8.17. The Morgan fingerprint density at radius 3 is 2.70 bits per heavy atom. The van der Waals surface area contributed by atoms with E-state index < -0.39 is 10.0 Å². The first-order chi connectivity index (χ1) is 17.8. The summed E-state index contributed by atoms with van der Waals surface area (Å²) in [5.41, 5.74) is 2.26. The van der Waals surface area contributed by atoms with Crippen molar-refractivity contribution < 1.29 is 22.4 Å². The fourth-order valence-corrected chi connectivity index (χ4v) is 4.85. The number of furan rings is 1. The van der Waals surface area contributed by atoms with Crippen molar-refractivity contribution >= 4 is 38.5 Å². The summed E-state index contributed by atoms with van der Waals surface area (Å²) in [5, 5.41) is 9.28. The summed E-state index contributed by atoms with van der Waals surface area (Å²) in [6.45, 7) is 2.60. The van der Waals surface area contributed by atoms with E-state index in [-0.39, 0.29) is 17.6 Å². The number of likely N-dealkylation sites (N-methyl/N-ethyl adjacent to an activating group) is 1. The Morgan fingerprint density at radius 1 is 1.08 bits per heavy atom. The standard InChI is InChI=1S/C25H28N6O5S/c1-16-23(24(32)27-3)20-8-7-19(14-21(20)35-16)36-22-9-10-28-25(31-22)30-18-6-4-5-17(13-18)15-37(33,34)29-12-11-26-2/h4-10,13-14,26,29H,11-12,15H2,1-3H3,(H,27,32)(H,28,30,31). The summed E-state index contributed by atoms with van der Waals surface area (Å²) < 4.78 is 38.8. The van der Waals surface area contributed by atoms with E-state index in [1.54, 1.807) is 75.7 Å². The van der Waals surface area contributed by atoms with Crippen LogP contribution in [0.3, 0.4) is 0 Å². The summed E-state index contributed by atoms with van der Waals surface area (Å²) in [7, 11) is -0.132. The Morgan fingerprint density at radius 2 is 1.92 bits per heavy atom. The van der Waals surface area contributed by atoms with Crippen LogP contribution in [-0.4, -0.2) is 51.5 Å². The average molecular weight is 525 g/mol. The zero-order chi connectivity index (χ0) is 26.4. The lowest BCUT2D eigenvalue weighted by Crippen LogP contribution is -2.31. The van der Waals surface area contributed by atoms with E-state index in [9.17, 15) is 13.2 Å². The Hall–Kier alpha value is -4.00. The van der Waals surface area contributed by atoms with Crippen LogP contribution in [0, 0.1) is 6.92 Å². The van der Waals surface area contributed by atoms with E-state index in [4.69, 9.17) is 9.15 Å². The Bertz CT molecular complexity index is 1520. The number of amides is 1. The van der Waals surface area contributed by atoms with Gasteiger partial charge in [0.2, 0.25) is 21.9 Å². The first-order valence-electron chi connectivity index (χ1n) is 11.5. The van der Waals surface area contributed by atoms with Gasteiger partial charge in [0.15, 0.2) is 0 Å². The molecule has 1 amide bonds. The third-order valence-corrected chi connectivity index (χ3v) is 6.74. The zero-order valence-corrected chi connectivity index (χ0v) is 21.5. The number of aromatic nitrogens is 2. The molecule has 37 heavy (non-hydrogen) atoms. The molecule has 4 N–H and O–H groups in total. The highest BCUT2D eigenvalue weighted by Gasteiger charge is 2.18. The smallest absolute Gasteiger partial charge is 0.255 e. The van der Waals surface area contributed by atoms with E-state index >= 15 is 0 Å². The molecular weight excluding hydrogens is 496 g/mol. The lowest BCUT2D eigenvalue weighted by Gasteiger charge is -2.10. The molecule has 0 saturated heterocycles. The predicted molar refractivity (Wildman–Crippen MR) is 141 cm³/mol. The number of aryl methyl sites for hydroxylation is 1. The van der Waals surface area contributed by atoms with Crippen molar-refractivity contribution in [3.8, 4) is 11.6 Å². The van der Waals surface area contributed by atoms with E-state index in [2.05, 4.69) is 30.6 Å². The molecule has 4 aromatic rings. The number of ether oxygens (including phenoxy) is 1. The van der Waals surface area contributed by atoms with Crippen molar-refractivity contribution in [3.63, 3.8) is 0 Å². The minimum atomic E-state index is -3.46. The van der Waals surface area contributed by atoms with Crippen LogP contribution < -0.4 is 25.4 Å². The number of carbonyl (C=O) groups is 1. The zero-order valence-electron chi connectivity index (χ0n) is 20.7. The van der Waals surface area contributed by atoms with Crippen molar-refractivity contribution in [2.24, 2.45) is 0 Å². The molecule has 0 aliphatic heterocycles. The van der Waals surface area contributed by atoms with Crippen molar-refractivity contribution in [2.75, 3.05) is 32.5 Å². The molecule has 0 aliphatic rings. The van der Waals surface area contributed by atoms with Crippen LogP contribution in [0.5, 0.6) is 11.6 Å². The highest BCUT2D eigenvalue weighted by atomic mass is 32.2. The van der Waals surface area contributed by atoms with Gasteiger partial charge in [0.25, 0.3) is 5.91 Å².